The van der Waals surface area contributed by atoms with Crippen LogP contribution >= 0.6 is 0 Å². The molecule has 1 aromatic rings. The maximum atomic E-state index is 11.7. The Labute approximate surface area is 214 Å². The predicted octanol–water partition coefficient (Wildman–Crippen LogP) is 5.66. The molecule has 0 spiro atoms. The molecular formula is C31H39N2O3+. The van der Waals surface area contributed by atoms with Gasteiger partial charge < -0.3 is 14.4 Å². The van der Waals surface area contributed by atoms with Gasteiger partial charge in [0.25, 0.3) is 0 Å². The molecular weight excluding hydrogens is 448 g/mol. The van der Waals surface area contributed by atoms with Gasteiger partial charge >= 0.3 is 0 Å². The number of benzene rings is 2. The standard InChI is InChI=1S/C30H35N2O2.CH4O/c1-5-17-32(8-4)25-14-16-27-29(20-25)34-28-19-24(31(6-2)7-3)13-15-26(28)30(27)23-12-10-9-11-22(18-23)21-33;1-2/h9-16,19-21H,5-8,17-18H2,1-4H3;2H,1H3/q+1;. The third kappa shape index (κ3) is 5.68. The van der Waals surface area contributed by atoms with Gasteiger partial charge in [0, 0.05) is 61.8 Å². The van der Waals surface area contributed by atoms with Crippen molar-refractivity contribution in [2.24, 2.45) is 0 Å². The summed E-state index contributed by atoms with van der Waals surface area (Å²) in [5, 5.41) is 9.25. The Morgan fingerprint density at radius 2 is 1.75 bits per heavy atom. The number of fused-ring (bicyclic) bond motifs is 2. The summed E-state index contributed by atoms with van der Waals surface area (Å²) in [5.74, 6) is 0.872. The first-order valence-corrected chi connectivity index (χ1v) is 12.9. The van der Waals surface area contributed by atoms with Gasteiger partial charge in [-0.25, -0.2) is 4.58 Å². The van der Waals surface area contributed by atoms with Crippen LogP contribution in [0.15, 0.2) is 70.7 Å². The molecule has 2 aliphatic carbocycles. The number of aldehydes is 1. The number of aliphatic hydroxyl groups excluding tert-OH is 1. The number of anilines is 1. The van der Waals surface area contributed by atoms with Crippen LogP contribution < -0.4 is 14.8 Å². The Morgan fingerprint density at radius 1 is 1.00 bits per heavy atom. The van der Waals surface area contributed by atoms with Gasteiger partial charge in [-0.3, -0.25) is 4.79 Å². The number of hydrogen-bond acceptors (Lipinski definition) is 4. The van der Waals surface area contributed by atoms with E-state index < -0.39 is 0 Å². The Kier molecular flexibility index (Phi) is 9.83. The molecule has 0 radical (unpaired) electrons. The van der Waals surface area contributed by atoms with Crippen LogP contribution in [0.25, 0.3) is 27.9 Å². The number of allylic oxidation sites excluding steroid dienone is 6. The Balaban J connectivity index is 0.00000176. The van der Waals surface area contributed by atoms with Crippen molar-refractivity contribution in [3.63, 3.8) is 0 Å². The smallest absolute Gasteiger partial charge is 0.203 e. The molecule has 1 N–H and O–H groups in total. The van der Waals surface area contributed by atoms with Gasteiger partial charge in [-0.1, -0.05) is 31.2 Å². The molecule has 1 aliphatic heterocycles. The van der Waals surface area contributed by atoms with Crippen LogP contribution in [0.1, 0.15) is 46.1 Å². The molecule has 1 heterocycles. The Hall–Kier alpha value is -3.44. The topological polar surface area (TPSA) is 56.7 Å². The van der Waals surface area contributed by atoms with E-state index in [0.717, 1.165) is 90.7 Å². The molecule has 0 atom stereocenters. The zero-order valence-corrected chi connectivity index (χ0v) is 22.3. The molecule has 36 heavy (non-hydrogen) atoms. The molecule has 0 fully saturated rings. The molecule has 0 saturated heterocycles. The largest absolute Gasteiger partial charge is 0.456 e. The number of carbonyl (C=O) groups is 1. The van der Waals surface area contributed by atoms with Crippen LogP contribution in [-0.2, 0) is 4.79 Å². The Morgan fingerprint density at radius 3 is 2.42 bits per heavy atom. The third-order valence-corrected chi connectivity index (χ3v) is 6.64. The first-order chi connectivity index (χ1) is 17.6. The van der Waals surface area contributed by atoms with E-state index in [-0.39, 0.29) is 0 Å². The first kappa shape index (κ1) is 27.2. The second-order valence-corrected chi connectivity index (χ2v) is 8.70. The summed E-state index contributed by atoms with van der Waals surface area (Å²) in [7, 11) is 1.00. The minimum absolute atomic E-state index is 0.598. The summed E-state index contributed by atoms with van der Waals surface area (Å²) in [6.45, 7) is 12.6. The molecule has 5 heteroatoms. The maximum Gasteiger partial charge on any atom is 0.203 e. The quantitative estimate of drug-likeness (QED) is 0.253. The lowest BCUT2D eigenvalue weighted by atomic mass is 9.90. The van der Waals surface area contributed by atoms with E-state index in [4.69, 9.17) is 9.52 Å². The van der Waals surface area contributed by atoms with Gasteiger partial charge in [-0.05, 0) is 55.7 Å². The minimum Gasteiger partial charge on any atom is -0.456 e. The summed E-state index contributed by atoms with van der Waals surface area (Å²) < 4.78 is 8.95. The lowest BCUT2D eigenvalue weighted by Gasteiger charge is -2.22. The Bertz CT molecular complexity index is 1320. The number of hydrogen-bond donors (Lipinski definition) is 1. The van der Waals surface area contributed by atoms with Crippen LogP contribution in [0.4, 0.5) is 5.69 Å². The van der Waals surface area contributed by atoms with Gasteiger partial charge in [-0.2, -0.15) is 0 Å². The third-order valence-electron chi connectivity index (χ3n) is 6.64. The summed E-state index contributed by atoms with van der Waals surface area (Å²) in [4.78, 5) is 14.0. The van der Waals surface area contributed by atoms with E-state index in [1.807, 2.05) is 18.2 Å². The summed E-state index contributed by atoms with van der Waals surface area (Å²) in [6.07, 6.45) is 10.6. The fraction of sp³-hybridized carbons (Fsp3) is 0.355. The van der Waals surface area contributed by atoms with Gasteiger partial charge in [0.15, 0.2) is 0 Å². The second kappa shape index (κ2) is 13.0. The highest BCUT2D eigenvalue weighted by atomic mass is 16.3. The SMILES string of the molecule is CCC[N+](CC)=c1ccc2c(C3=CC=CC=C(C=O)C3)c3ccc(N(CC)CC)cc3oc-2c1.CO. The van der Waals surface area contributed by atoms with Gasteiger partial charge in [0.2, 0.25) is 5.36 Å². The van der Waals surface area contributed by atoms with Crippen LogP contribution in [-0.4, -0.2) is 44.7 Å². The van der Waals surface area contributed by atoms with Gasteiger partial charge in [0.05, 0.1) is 6.07 Å². The molecule has 0 unspecified atom stereocenters. The maximum absolute atomic E-state index is 11.7. The monoisotopic (exact) mass is 487 g/mol. The predicted molar refractivity (Wildman–Crippen MR) is 151 cm³/mol. The van der Waals surface area contributed by atoms with E-state index in [2.05, 4.69) is 79.6 Å². The number of nitrogens with zero attached hydrogens (tertiary/aromatic N) is 2. The van der Waals surface area contributed by atoms with Crippen molar-refractivity contribution >= 4 is 28.5 Å². The molecule has 0 saturated carbocycles. The molecule has 0 aromatic heterocycles. The second-order valence-electron chi connectivity index (χ2n) is 8.70. The lowest BCUT2D eigenvalue weighted by molar-refractivity contribution is -0.104. The van der Waals surface area contributed by atoms with E-state index in [9.17, 15) is 4.79 Å². The highest BCUT2D eigenvalue weighted by molar-refractivity contribution is 6.00. The lowest BCUT2D eigenvalue weighted by Crippen LogP contribution is -2.30. The summed E-state index contributed by atoms with van der Waals surface area (Å²) in [6, 6.07) is 13.1. The molecule has 3 aliphatic rings. The first-order valence-electron chi connectivity index (χ1n) is 12.9. The number of carbonyl (C=O) groups excluding carboxylic acids is 1. The van der Waals surface area contributed by atoms with Crippen molar-refractivity contribution in [1.82, 2.24) is 4.58 Å². The molecule has 4 rings (SSSR count). The van der Waals surface area contributed by atoms with Crippen molar-refractivity contribution < 1.29 is 14.3 Å². The average molecular weight is 488 g/mol. The van der Waals surface area contributed by atoms with Gasteiger partial charge in [0.1, 0.15) is 30.7 Å². The fourth-order valence-corrected chi connectivity index (χ4v) is 4.88. The summed E-state index contributed by atoms with van der Waals surface area (Å²) >= 11 is 0. The number of rotatable bonds is 8. The minimum atomic E-state index is 0.598. The van der Waals surface area contributed by atoms with E-state index in [0.29, 0.717) is 6.42 Å². The molecule has 0 amide bonds. The summed E-state index contributed by atoms with van der Waals surface area (Å²) in [5.41, 5.74) is 6.15. The highest BCUT2D eigenvalue weighted by Crippen LogP contribution is 2.40. The average Bonchev–Trinajstić information content (AvgIpc) is 3.17. The van der Waals surface area contributed by atoms with Crippen molar-refractivity contribution in [3.8, 4) is 11.3 Å². The van der Waals surface area contributed by atoms with Crippen molar-refractivity contribution in [2.45, 2.75) is 40.5 Å². The van der Waals surface area contributed by atoms with Crippen molar-refractivity contribution in [1.29, 1.82) is 0 Å². The normalized spacial score (nSPS) is 13.9. The van der Waals surface area contributed by atoms with E-state index in [1.54, 1.807) is 0 Å². The van der Waals surface area contributed by atoms with Crippen LogP contribution in [0, 0.1) is 0 Å². The molecule has 1 aromatic carbocycles. The molecule has 5 nitrogen and oxygen atoms in total. The van der Waals surface area contributed by atoms with E-state index >= 15 is 0 Å². The van der Waals surface area contributed by atoms with E-state index in [1.165, 1.54) is 5.36 Å². The van der Waals surface area contributed by atoms with Crippen LogP contribution in [0.2, 0.25) is 0 Å². The number of aliphatic hydroxyl groups is 1. The van der Waals surface area contributed by atoms with Crippen molar-refractivity contribution in [2.75, 3.05) is 38.2 Å². The van der Waals surface area contributed by atoms with Gasteiger partial charge in [-0.15, -0.1) is 0 Å². The highest BCUT2D eigenvalue weighted by Gasteiger charge is 2.21. The van der Waals surface area contributed by atoms with Crippen LogP contribution in [0.5, 0.6) is 0 Å². The zero-order valence-electron chi connectivity index (χ0n) is 22.3. The molecule has 0 bridgehead atoms. The zero-order chi connectivity index (χ0) is 26.1. The fourth-order valence-electron chi connectivity index (χ4n) is 4.88. The van der Waals surface area contributed by atoms with Crippen molar-refractivity contribution in [3.05, 3.63) is 77.2 Å². The van der Waals surface area contributed by atoms with Crippen LogP contribution in [0.3, 0.4) is 0 Å². The molecule has 190 valence electrons.